The summed E-state index contributed by atoms with van der Waals surface area (Å²) in [6.07, 6.45) is 2.62. The summed E-state index contributed by atoms with van der Waals surface area (Å²) in [5, 5.41) is 12.4. The Morgan fingerprint density at radius 1 is 1.35 bits per heavy atom. The average Bonchev–Trinajstić information content (AvgIpc) is 2.25. The van der Waals surface area contributed by atoms with Crippen molar-refractivity contribution < 1.29 is 9.90 Å². The molecular formula is C13H27NO2S. The maximum atomic E-state index is 11.7. The Bertz CT molecular complexity index is 210. The van der Waals surface area contributed by atoms with Crippen molar-refractivity contribution in [3.8, 4) is 0 Å². The molecule has 0 rings (SSSR count). The fourth-order valence-electron chi connectivity index (χ4n) is 1.47. The highest BCUT2D eigenvalue weighted by Crippen LogP contribution is 2.12. The molecule has 0 aliphatic rings. The molecule has 4 heteroatoms. The van der Waals surface area contributed by atoms with E-state index in [9.17, 15) is 9.90 Å². The molecule has 0 saturated carbocycles. The van der Waals surface area contributed by atoms with Crippen LogP contribution < -0.4 is 5.32 Å². The molecule has 0 aromatic rings. The number of aliphatic hydroxyl groups excluding tert-OH is 1. The number of carbonyl (C=O) groups is 1. The molecule has 3 nitrogen and oxygen atoms in total. The first-order valence-corrected chi connectivity index (χ1v) is 7.59. The van der Waals surface area contributed by atoms with Crippen molar-refractivity contribution in [2.75, 3.05) is 12.3 Å². The summed E-state index contributed by atoms with van der Waals surface area (Å²) < 4.78 is 0. The third-order valence-electron chi connectivity index (χ3n) is 2.49. The minimum Gasteiger partial charge on any atom is -0.391 e. The maximum absolute atomic E-state index is 11.7. The fraction of sp³-hybridized carbons (Fsp3) is 0.923. The number of hydrogen-bond donors (Lipinski definition) is 2. The molecule has 0 spiro atoms. The summed E-state index contributed by atoms with van der Waals surface area (Å²) in [6.45, 7) is 8.57. The highest BCUT2D eigenvalue weighted by molar-refractivity contribution is 8.00. The Morgan fingerprint density at radius 3 is 2.53 bits per heavy atom. The van der Waals surface area contributed by atoms with Gasteiger partial charge in [-0.3, -0.25) is 4.79 Å². The Morgan fingerprint density at radius 2 is 2.00 bits per heavy atom. The van der Waals surface area contributed by atoms with Crippen LogP contribution in [0.5, 0.6) is 0 Å². The van der Waals surface area contributed by atoms with Crippen LogP contribution in [-0.4, -0.2) is 34.7 Å². The van der Waals surface area contributed by atoms with Gasteiger partial charge in [0.15, 0.2) is 0 Å². The summed E-state index contributed by atoms with van der Waals surface area (Å²) in [5.74, 6) is 1.52. The van der Waals surface area contributed by atoms with Crippen molar-refractivity contribution in [2.24, 2.45) is 5.92 Å². The zero-order valence-corrected chi connectivity index (χ0v) is 12.3. The standard InChI is InChI=1S/C13H27NO2S/c1-5-6-7-17-11(4)13(16)14-9-12(15)8-10(2)3/h10-12,15H,5-9H2,1-4H3,(H,14,16). The first-order valence-electron chi connectivity index (χ1n) is 6.54. The number of rotatable bonds is 9. The van der Waals surface area contributed by atoms with Crippen molar-refractivity contribution in [2.45, 2.75) is 58.3 Å². The minimum absolute atomic E-state index is 0.0206. The van der Waals surface area contributed by atoms with Crippen LogP contribution >= 0.6 is 11.8 Å². The van der Waals surface area contributed by atoms with Crippen molar-refractivity contribution in [3.63, 3.8) is 0 Å². The van der Waals surface area contributed by atoms with Crippen LogP contribution in [0.1, 0.15) is 47.0 Å². The molecule has 0 heterocycles. The van der Waals surface area contributed by atoms with Gasteiger partial charge < -0.3 is 10.4 Å². The first kappa shape index (κ1) is 16.8. The Kier molecular flexibility index (Phi) is 9.65. The minimum atomic E-state index is -0.424. The lowest BCUT2D eigenvalue weighted by molar-refractivity contribution is -0.120. The highest BCUT2D eigenvalue weighted by atomic mass is 32.2. The van der Waals surface area contributed by atoms with Gasteiger partial charge in [0, 0.05) is 6.54 Å². The molecule has 0 aliphatic carbocycles. The van der Waals surface area contributed by atoms with Gasteiger partial charge in [-0.05, 0) is 31.4 Å². The number of unbranched alkanes of at least 4 members (excludes halogenated alkanes) is 1. The average molecular weight is 261 g/mol. The van der Waals surface area contributed by atoms with Crippen molar-refractivity contribution in [1.29, 1.82) is 0 Å². The Labute approximate surface area is 110 Å². The van der Waals surface area contributed by atoms with Gasteiger partial charge in [-0.1, -0.05) is 27.2 Å². The second-order valence-corrected chi connectivity index (χ2v) is 6.34. The van der Waals surface area contributed by atoms with E-state index < -0.39 is 6.10 Å². The molecular weight excluding hydrogens is 234 g/mol. The van der Waals surface area contributed by atoms with E-state index in [1.54, 1.807) is 11.8 Å². The summed E-state index contributed by atoms with van der Waals surface area (Å²) in [4.78, 5) is 11.7. The van der Waals surface area contributed by atoms with Crippen LogP contribution in [-0.2, 0) is 4.79 Å². The van der Waals surface area contributed by atoms with E-state index >= 15 is 0 Å². The van der Waals surface area contributed by atoms with E-state index in [1.807, 2.05) is 6.92 Å². The lowest BCUT2D eigenvalue weighted by Gasteiger charge is -2.16. The van der Waals surface area contributed by atoms with Gasteiger partial charge in [0.25, 0.3) is 0 Å². The van der Waals surface area contributed by atoms with Gasteiger partial charge in [-0.2, -0.15) is 0 Å². The lowest BCUT2D eigenvalue weighted by Crippen LogP contribution is -2.37. The third-order valence-corrected chi connectivity index (χ3v) is 3.73. The Balaban J connectivity index is 3.69. The Hall–Kier alpha value is -0.220. The van der Waals surface area contributed by atoms with Crippen LogP contribution in [0.25, 0.3) is 0 Å². The van der Waals surface area contributed by atoms with Gasteiger partial charge >= 0.3 is 0 Å². The van der Waals surface area contributed by atoms with Gasteiger partial charge in [0.2, 0.25) is 5.91 Å². The molecule has 2 unspecified atom stereocenters. The monoisotopic (exact) mass is 261 g/mol. The summed E-state index contributed by atoms with van der Waals surface area (Å²) in [5.41, 5.74) is 0. The normalized spacial score (nSPS) is 14.7. The van der Waals surface area contributed by atoms with E-state index in [2.05, 4.69) is 26.1 Å². The maximum Gasteiger partial charge on any atom is 0.232 e. The molecule has 1 amide bonds. The number of thioether (sulfide) groups is 1. The van der Waals surface area contributed by atoms with E-state index in [-0.39, 0.29) is 11.2 Å². The van der Waals surface area contributed by atoms with E-state index in [0.717, 1.165) is 25.0 Å². The number of carbonyl (C=O) groups excluding carboxylic acids is 1. The van der Waals surface area contributed by atoms with Gasteiger partial charge in [-0.15, -0.1) is 11.8 Å². The molecule has 0 fully saturated rings. The SMILES string of the molecule is CCCCSC(C)C(=O)NCC(O)CC(C)C. The molecule has 0 aromatic heterocycles. The van der Waals surface area contributed by atoms with Gasteiger partial charge in [0.1, 0.15) is 0 Å². The number of amides is 1. The molecule has 2 N–H and O–H groups in total. The smallest absolute Gasteiger partial charge is 0.232 e. The summed E-state index contributed by atoms with van der Waals surface area (Å²) in [7, 11) is 0. The van der Waals surface area contributed by atoms with Crippen molar-refractivity contribution in [1.82, 2.24) is 5.32 Å². The summed E-state index contributed by atoms with van der Waals surface area (Å²) in [6, 6.07) is 0. The van der Waals surface area contributed by atoms with E-state index in [4.69, 9.17) is 0 Å². The second kappa shape index (κ2) is 9.77. The first-order chi connectivity index (χ1) is 7.97. The molecule has 0 radical (unpaired) electrons. The molecule has 0 aromatic carbocycles. The largest absolute Gasteiger partial charge is 0.391 e. The topological polar surface area (TPSA) is 49.3 Å². The quantitative estimate of drug-likeness (QED) is 0.627. The van der Waals surface area contributed by atoms with E-state index in [0.29, 0.717) is 12.5 Å². The molecule has 0 bridgehead atoms. The van der Waals surface area contributed by atoms with E-state index in [1.165, 1.54) is 0 Å². The predicted molar refractivity (Wildman–Crippen MR) is 75.3 cm³/mol. The molecule has 102 valence electrons. The molecule has 0 saturated heterocycles. The molecule has 0 aliphatic heterocycles. The predicted octanol–water partition coefficient (Wildman–Crippen LogP) is 2.43. The number of hydrogen-bond acceptors (Lipinski definition) is 3. The van der Waals surface area contributed by atoms with Crippen LogP contribution in [0, 0.1) is 5.92 Å². The highest BCUT2D eigenvalue weighted by Gasteiger charge is 2.14. The molecule has 2 atom stereocenters. The van der Waals surface area contributed by atoms with Crippen molar-refractivity contribution in [3.05, 3.63) is 0 Å². The summed E-state index contributed by atoms with van der Waals surface area (Å²) >= 11 is 1.68. The number of aliphatic hydroxyl groups is 1. The van der Waals surface area contributed by atoms with Crippen LogP contribution in [0.4, 0.5) is 0 Å². The van der Waals surface area contributed by atoms with Crippen molar-refractivity contribution >= 4 is 17.7 Å². The van der Waals surface area contributed by atoms with Gasteiger partial charge in [-0.25, -0.2) is 0 Å². The van der Waals surface area contributed by atoms with Gasteiger partial charge in [0.05, 0.1) is 11.4 Å². The second-order valence-electron chi connectivity index (χ2n) is 4.90. The lowest BCUT2D eigenvalue weighted by atomic mass is 10.1. The van der Waals surface area contributed by atoms with Crippen LogP contribution in [0.3, 0.4) is 0 Å². The fourth-order valence-corrected chi connectivity index (χ4v) is 2.51. The van der Waals surface area contributed by atoms with Crippen LogP contribution in [0.15, 0.2) is 0 Å². The number of nitrogens with one attached hydrogen (secondary N) is 1. The zero-order valence-electron chi connectivity index (χ0n) is 11.5. The molecule has 17 heavy (non-hydrogen) atoms. The third kappa shape index (κ3) is 9.48. The zero-order chi connectivity index (χ0) is 13.3. The van der Waals surface area contributed by atoms with Crippen LogP contribution in [0.2, 0.25) is 0 Å².